The number of aryl methyl sites for hydroxylation is 1. The SMILES string of the molecule is Cc1cc(S(=O)(=O)O)c(N=Nc2cc3ccccc3c(C(=O)O)c2O)cc1Cl. The summed E-state index contributed by atoms with van der Waals surface area (Å²) in [5, 5.41) is 28.3. The highest BCUT2D eigenvalue weighted by molar-refractivity contribution is 7.86. The lowest BCUT2D eigenvalue weighted by Crippen LogP contribution is -1.99. The summed E-state index contributed by atoms with van der Waals surface area (Å²) in [4.78, 5) is 11.1. The molecule has 8 nitrogen and oxygen atoms in total. The van der Waals surface area contributed by atoms with Crippen LogP contribution in [0.15, 0.2) is 57.6 Å². The number of carboxylic acid groups (broad SMARTS) is 1. The van der Waals surface area contributed by atoms with Gasteiger partial charge in [0.2, 0.25) is 0 Å². The minimum absolute atomic E-state index is 0.186. The highest BCUT2D eigenvalue weighted by atomic mass is 35.5. The smallest absolute Gasteiger partial charge is 0.340 e. The van der Waals surface area contributed by atoms with Gasteiger partial charge in [-0.1, -0.05) is 35.9 Å². The Bertz CT molecular complexity index is 1250. The number of hydrogen-bond donors (Lipinski definition) is 3. The number of phenols is 1. The lowest BCUT2D eigenvalue weighted by Gasteiger charge is -2.08. The molecule has 0 aliphatic rings. The Morgan fingerprint density at radius 1 is 1.07 bits per heavy atom. The molecule has 0 saturated carbocycles. The summed E-state index contributed by atoms with van der Waals surface area (Å²) in [5.41, 5.74) is -0.407. The van der Waals surface area contributed by atoms with Crippen LogP contribution in [-0.2, 0) is 10.1 Å². The summed E-state index contributed by atoms with van der Waals surface area (Å²) >= 11 is 5.99. The molecule has 3 rings (SSSR count). The minimum Gasteiger partial charge on any atom is -0.505 e. The zero-order valence-corrected chi connectivity index (χ0v) is 15.9. The van der Waals surface area contributed by atoms with Crippen LogP contribution in [0.5, 0.6) is 5.75 Å². The van der Waals surface area contributed by atoms with Gasteiger partial charge in [0.1, 0.15) is 21.8 Å². The highest BCUT2D eigenvalue weighted by Crippen LogP contribution is 2.39. The van der Waals surface area contributed by atoms with Crippen molar-refractivity contribution in [3.63, 3.8) is 0 Å². The number of azo groups is 1. The summed E-state index contributed by atoms with van der Waals surface area (Å²) in [5.74, 6) is -1.98. The predicted octanol–water partition coefficient (Wildman–Crippen LogP) is 4.87. The minimum atomic E-state index is -4.61. The van der Waals surface area contributed by atoms with E-state index < -0.39 is 26.7 Å². The van der Waals surface area contributed by atoms with Gasteiger partial charge in [0, 0.05) is 10.4 Å². The highest BCUT2D eigenvalue weighted by Gasteiger charge is 2.20. The molecular formula is C18H13ClN2O6S. The fourth-order valence-corrected chi connectivity index (χ4v) is 3.50. The molecule has 0 spiro atoms. The first-order chi connectivity index (χ1) is 13.1. The summed E-state index contributed by atoms with van der Waals surface area (Å²) in [6.07, 6.45) is 0. The molecule has 0 unspecified atom stereocenters. The molecule has 0 saturated heterocycles. The molecule has 3 aromatic rings. The molecule has 0 radical (unpaired) electrons. The van der Waals surface area contributed by atoms with E-state index in [-0.39, 0.29) is 22.0 Å². The van der Waals surface area contributed by atoms with E-state index in [0.717, 1.165) is 6.07 Å². The van der Waals surface area contributed by atoms with Gasteiger partial charge in [-0.2, -0.15) is 8.42 Å². The summed E-state index contributed by atoms with van der Waals surface area (Å²) in [6, 6.07) is 10.2. The molecule has 144 valence electrons. The Morgan fingerprint density at radius 2 is 1.71 bits per heavy atom. The zero-order valence-electron chi connectivity index (χ0n) is 14.3. The van der Waals surface area contributed by atoms with E-state index in [4.69, 9.17) is 11.6 Å². The maximum Gasteiger partial charge on any atom is 0.340 e. The topological polar surface area (TPSA) is 137 Å². The first kappa shape index (κ1) is 19.7. The van der Waals surface area contributed by atoms with Crippen molar-refractivity contribution < 1.29 is 28.0 Å². The van der Waals surface area contributed by atoms with Gasteiger partial charge in [0.05, 0.1) is 0 Å². The van der Waals surface area contributed by atoms with Crippen molar-refractivity contribution in [2.24, 2.45) is 10.2 Å². The molecule has 3 aromatic carbocycles. The molecule has 0 aromatic heterocycles. The monoisotopic (exact) mass is 420 g/mol. The molecule has 0 atom stereocenters. The third-order valence-corrected chi connectivity index (χ3v) is 5.29. The Hall–Kier alpha value is -3.01. The van der Waals surface area contributed by atoms with Crippen LogP contribution in [0.25, 0.3) is 10.8 Å². The maximum absolute atomic E-state index is 11.6. The molecular weight excluding hydrogens is 408 g/mol. The van der Waals surface area contributed by atoms with Crippen molar-refractivity contribution in [3.8, 4) is 5.75 Å². The lowest BCUT2D eigenvalue weighted by atomic mass is 10.0. The molecule has 10 heteroatoms. The van der Waals surface area contributed by atoms with Crippen LogP contribution in [-0.4, -0.2) is 29.2 Å². The number of hydrogen-bond acceptors (Lipinski definition) is 6. The van der Waals surface area contributed by atoms with E-state index in [9.17, 15) is 28.0 Å². The quantitative estimate of drug-likeness (QED) is 0.407. The number of benzene rings is 3. The number of aromatic hydroxyl groups is 1. The second-order valence-electron chi connectivity index (χ2n) is 5.89. The largest absolute Gasteiger partial charge is 0.505 e. The lowest BCUT2D eigenvalue weighted by molar-refractivity contribution is 0.0696. The number of carboxylic acids is 1. The average molecular weight is 421 g/mol. The normalized spacial score (nSPS) is 12.0. The van der Waals surface area contributed by atoms with Crippen molar-refractivity contribution in [3.05, 3.63) is 58.6 Å². The number of nitrogens with zero attached hydrogens (tertiary/aromatic N) is 2. The molecule has 0 fully saturated rings. The Labute approximate surface area is 164 Å². The summed E-state index contributed by atoms with van der Waals surface area (Å²) < 4.78 is 32.6. The van der Waals surface area contributed by atoms with Crippen molar-refractivity contribution >= 4 is 49.8 Å². The van der Waals surface area contributed by atoms with E-state index in [1.165, 1.54) is 18.2 Å². The standard InChI is InChI=1S/C18H13ClN2O6S/c1-9-6-15(28(25,26)27)13(8-12(9)19)20-21-14-7-10-4-2-3-5-11(10)16(17(14)22)18(23)24/h2-8,22H,1H3,(H,23,24)(H,25,26,27). The average Bonchev–Trinajstić information content (AvgIpc) is 2.61. The number of fused-ring (bicyclic) bond motifs is 1. The first-order valence-electron chi connectivity index (χ1n) is 7.77. The zero-order chi connectivity index (χ0) is 20.6. The third-order valence-electron chi connectivity index (χ3n) is 4.00. The van der Waals surface area contributed by atoms with E-state index >= 15 is 0 Å². The molecule has 0 aliphatic heterocycles. The van der Waals surface area contributed by atoms with Crippen LogP contribution in [0.2, 0.25) is 5.02 Å². The van der Waals surface area contributed by atoms with Crippen molar-refractivity contribution in [2.75, 3.05) is 0 Å². The fraction of sp³-hybridized carbons (Fsp3) is 0.0556. The van der Waals surface area contributed by atoms with Crippen LogP contribution >= 0.6 is 11.6 Å². The van der Waals surface area contributed by atoms with Crippen LogP contribution in [0.1, 0.15) is 15.9 Å². The van der Waals surface area contributed by atoms with Crippen molar-refractivity contribution in [1.29, 1.82) is 0 Å². The van der Waals surface area contributed by atoms with Crippen LogP contribution in [0.4, 0.5) is 11.4 Å². The number of carbonyl (C=O) groups is 1. The Kier molecular flexibility index (Phi) is 5.07. The number of rotatable bonds is 4. The van der Waals surface area contributed by atoms with Gasteiger partial charge in [0.15, 0.2) is 5.75 Å². The molecule has 0 aliphatic carbocycles. The fourth-order valence-electron chi connectivity index (χ4n) is 2.65. The number of halogens is 1. The van der Waals surface area contributed by atoms with E-state index in [0.29, 0.717) is 16.3 Å². The second-order valence-corrected chi connectivity index (χ2v) is 7.69. The van der Waals surface area contributed by atoms with Gasteiger partial charge < -0.3 is 10.2 Å². The van der Waals surface area contributed by atoms with Gasteiger partial charge in [-0.05, 0) is 36.1 Å². The first-order valence-corrected chi connectivity index (χ1v) is 9.58. The maximum atomic E-state index is 11.6. The van der Waals surface area contributed by atoms with Gasteiger partial charge >= 0.3 is 5.97 Å². The Morgan fingerprint density at radius 3 is 2.36 bits per heavy atom. The van der Waals surface area contributed by atoms with Gasteiger partial charge in [-0.25, -0.2) is 4.79 Å². The molecule has 0 bridgehead atoms. The second kappa shape index (κ2) is 7.19. The van der Waals surface area contributed by atoms with E-state index in [1.807, 2.05) is 0 Å². The van der Waals surface area contributed by atoms with Crippen molar-refractivity contribution in [1.82, 2.24) is 0 Å². The van der Waals surface area contributed by atoms with Gasteiger partial charge in [0.25, 0.3) is 10.1 Å². The number of aromatic carboxylic acids is 1. The molecule has 3 N–H and O–H groups in total. The molecule has 28 heavy (non-hydrogen) atoms. The molecule has 0 heterocycles. The summed E-state index contributed by atoms with van der Waals surface area (Å²) in [7, 11) is -4.61. The predicted molar refractivity (Wildman–Crippen MR) is 103 cm³/mol. The Balaban J connectivity index is 2.22. The van der Waals surface area contributed by atoms with Crippen LogP contribution in [0.3, 0.4) is 0 Å². The van der Waals surface area contributed by atoms with E-state index in [1.54, 1.807) is 25.1 Å². The third kappa shape index (κ3) is 3.68. The van der Waals surface area contributed by atoms with Crippen LogP contribution < -0.4 is 0 Å². The molecule has 0 amide bonds. The van der Waals surface area contributed by atoms with Gasteiger partial charge in [-0.15, -0.1) is 10.2 Å². The van der Waals surface area contributed by atoms with Gasteiger partial charge in [-0.3, -0.25) is 4.55 Å². The summed E-state index contributed by atoms with van der Waals surface area (Å²) in [6.45, 7) is 1.55. The van der Waals surface area contributed by atoms with Crippen molar-refractivity contribution in [2.45, 2.75) is 11.8 Å². The van der Waals surface area contributed by atoms with Crippen LogP contribution in [0, 0.1) is 6.92 Å². The van der Waals surface area contributed by atoms with E-state index in [2.05, 4.69) is 10.2 Å².